The van der Waals surface area contributed by atoms with Crippen LogP contribution in [-0.2, 0) is 4.74 Å². The second-order valence-electron chi connectivity index (χ2n) is 12.9. The van der Waals surface area contributed by atoms with Crippen LogP contribution in [0.15, 0.2) is 41.2 Å². The second-order valence-corrected chi connectivity index (χ2v) is 12.9. The lowest BCUT2D eigenvalue weighted by Gasteiger charge is -2.37. The van der Waals surface area contributed by atoms with Crippen LogP contribution in [-0.4, -0.2) is 6.10 Å². The lowest BCUT2D eigenvalue weighted by molar-refractivity contribution is 0.103. The number of furan rings is 1. The standard InChI is InChI=1S/C32H46O2.H2/c1-5-23(21(2)3)7-6-8-24-9-11-29-28(24)10-12-30-31-17-14-27(19-26(31)13-16-32(29,30)31)34-22(4)25-15-18-33-20-25;/h13,15,18,20-21,23-24,27-30H,4-12,14,16-17,19H2,1-3H3;1H. The number of allylic oxidation sites excluding steroid dienone is 1. The molecule has 0 radical (unpaired) electrons. The SMILES string of the molecule is C=C(OC1CCC23C(=CCC24C2CCC(CCCC(CC)C(C)C)C2CCC34)C1)c1ccoc1.[HH]. The van der Waals surface area contributed by atoms with Gasteiger partial charge in [-0.25, -0.2) is 0 Å². The van der Waals surface area contributed by atoms with E-state index in [0.717, 1.165) is 53.3 Å². The molecular weight excluding hydrogens is 416 g/mol. The van der Waals surface area contributed by atoms with Gasteiger partial charge in [0.25, 0.3) is 0 Å². The van der Waals surface area contributed by atoms with Crippen molar-refractivity contribution < 1.29 is 10.6 Å². The van der Waals surface area contributed by atoms with Crippen molar-refractivity contribution >= 4 is 5.76 Å². The molecule has 188 valence electrons. The zero-order valence-electron chi connectivity index (χ0n) is 21.9. The lowest BCUT2D eigenvalue weighted by atomic mass is 9.68. The van der Waals surface area contributed by atoms with E-state index in [-0.39, 0.29) is 7.53 Å². The summed E-state index contributed by atoms with van der Waals surface area (Å²) in [6.07, 6.45) is 23.3. The van der Waals surface area contributed by atoms with E-state index in [1.54, 1.807) is 18.1 Å². The van der Waals surface area contributed by atoms with E-state index in [0.29, 0.717) is 10.8 Å². The topological polar surface area (TPSA) is 22.4 Å². The van der Waals surface area contributed by atoms with Gasteiger partial charge in [-0.05, 0) is 91.9 Å². The molecule has 5 aliphatic carbocycles. The van der Waals surface area contributed by atoms with Crippen LogP contribution < -0.4 is 0 Å². The van der Waals surface area contributed by atoms with Gasteiger partial charge in [-0.3, -0.25) is 0 Å². The van der Waals surface area contributed by atoms with Gasteiger partial charge in [0.15, 0.2) is 0 Å². The van der Waals surface area contributed by atoms with Crippen LogP contribution in [0.3, 0.4) is 0 Å². The molecule has 4 saturated carbocycles. The highest BCUT2D eigenvalue weighted by Crippen LogP contribution is 2.89. The van der Waals surface area contributed by atoms with Gasteiger partial charge in [0, 0.05) is 13.3 Å². The Kier molecular flexibility index (Phi) is 5.81. The zero-order chi connectivity index (χ0) is 23.5. The minimum absolute atomic E-state index is 0. The molecule has 8 atom stereocenters. The Morgan fingerprint density at radius 3 is 2.88 bits per heavy atom. The highest BCUT2D eigenvalue weighted by atomic mass is 16.5. The Balaban J connectivity index is 0.00000253. The molecular formula is C32H48O2. The first-order valence-corrected chi connectivity index (χ1v) is 14.6. The van der Waals surface area contributed by atoms with Crippen LogP contribution in [0.25, 0.3) is 5.76 Å². The highest BCUT2D eigenvalue weighted by molar-refractivity contribution is 5.56. The minimum Gasteiger partial charge on any atom is -0.490 e. The van der Waals surface area contributed by atoms with Gasteiger partial charge in [-0.1, -0.05) is 64.7 Å². The third-order valence-electron chi connectivity index (χ3n) is 11.7. The summed E-state index contributed by atoms with van der Waals surface area (Å²) in [7, 11) is 0. The molecule has 0 amide bonds. The number of rotatable bonds is 9. The fraction of sp³-hybridized carbons (Fsp3) is 0.750. The van der Waals surface area contributed by atoms with Crippen molar-refractivity contribution in [1.82, 2.24) is 0 Å². The molecule has 2 spiro atoms. The molecule has 0 saturated heterocycles. The van der Waals surface area contributed by atoms with E-state index >= 15 is 0 Å². The summed E-state index contributed by atoms with van der Waals surface area (Å²) >= 11 is 0. The molecule has 0 N–H and O–H groups in total. The molecule has 6 rings (SSSR count). The smallest absolute Gasteiger partial charge is 0.123 e. The maximum Gasteiger partial charge on any atom is 0.123 e. The van der Waals surface area contributed by atoms with Crippen LogP contribution in [0.1, 0.15) is 105 Å². The number of hydrogen-bond acceptors (Lipinski definition) is 2. The molecule has 0 bridgehead atoms. The lowest BCUT2D eigenvalue weighted by Crippen LogP contribution is -2.31. The largest absolute Gasteiger partial charge is 0.490 e. The Morgan fingerprint density at radius 1 is 1.24 bits per heavy atom. The Morgan fingerprint density at radius 2 is 2.12 bits per heavy atom. The van der Waals surface area contributed by atoms with Crippen LogP contribution >= 0.6 is 0 Å². The summed E-state index contributed by atoms with van der Waals surface area (Å²) < 4.78 is 11.6. The Labute approximate surface area is 209 Å². The van der Waals surface area contributed by atoms with Crippen LogP contribution in [0.4, 0.5) is 0 Å². The molecule has 34 heavy (non-hydrogen) atoms. The van der Waals surface area contributed by atoms with Crippen molar-refractivity contribution in [2.24, 2.45) is 46.3 Å². The maximum absolute atomic E-state index is 6.36. The van der Waals surface area contributed by atoms with E-state index in [4.69, 9.17) is 9.15 Å². The van der Waals surface area contributed by atoms with Gasteiger partial charge in [0.1, 0.15) is 18.1 Å². The molecule has 2 heteroatoms. The van der Waals surface area contributed by atoms with Gasteiger partial charge in [0.2, 0.25) is 0 Å². The van der Waals surface area contributed by atoms with Crippen LogP contribution in [0, 0.1) is 46.3 Å². The zero-order valence-corrected chi connectivity index (χ0v) is 21.9. The van der Waals surface area contributed by atoms with Gasteiger partial charge >= 0.3 is 0 Å². The summed E-state index contributed by atoms with van der Waals surface area (Å²) in [5.41, 5.74) is 3.97. The average Bonchev–Trinajstić information content (AvgIpc) is 3.35. The van der Waals surface area contributed by atoms with Crippen molar-refractivity contribution in [2.45, 2.75) is 104 Å². The van der Waals surface area contributed by atoms with E-state index in [2.05, 4.69) is 33.4 Å². The molecule has 1 heterocycles. The third kappa shape index (κ3) is 3.26. The number of hydrogen-bond donors (Lipinski definition) is 0. The first-order valence-electron chi connectivity index (χ1n) is 14.6. The first kappa shape index (κ1) is 23.0. The van der Waals surface area contributed by atoms with Crippen LogP contribution in [0.5, 0.6) is 0 Å². The Bertz CT molecular complexity index is 931. The van der Waals surface area contributed by atoms with E-state index in [9.17, 15) is 0 Å². The summed E-state index contributed by atoms with van der Waals surface area (Å²) in [6.45, 7) is 11.4. The predicted molar refractivity (Wildman–Crippen MR) is 141 cm³/mol. The fourth-order valence-corrected chi connectivity index (χ4v) is 10.2. The van der Waals surface area contributed by atoms with Crippen molar-refractivity contribution in [2.75, 3.05) is 0 Å². The molecule has 1 aromatic rings. The van der Waals surface area contributed by atoms with E-state index < -0.39 is 0 Å². The van der Waals surface area contributed by atoms with Gasteiger partial charge in [-0.15, -0.1) is 0 Å². The molecule has 0 aliphatic heterocycles. The monoisotopic (exact) mass is 464 g/mol. The minimum atomic E-state index is 0. The molecule has 1 aromatic heterocycles. The van der Waals surface area contributed by atoms with Crippen molar-refractivity contribution in [3.8, 4) is 0 Å². The summed E-state index contributed by atoms with van der Waals surface area (Å²) in [5, 5.41) is 0. The summed E-state index contributed by atoms with van der Waals surface area (Å²) in [5.74, 6) is 6.60. The molecule has 2 nitrogen and oxygen atoms in total. The molecule has 4 fully saturated rings. The van der Waals surface area contributed by atoms with Crippen molar-refractivity contribution in [3.05, 3.63) is 42.4 Å². The first-order chi connectivity index (χ1) is 16.5. The number of ether oxygens (including phenoxy) is 1. The molecule has 5 aliphatic rings. The maximum atomic E-state index is 6.36. The second kappa shape index (κ2) is 8.59. The summed E-state index contributed by atoms with van der Waals surface area (Å²) in [6, 6.07) is 1.95. The molecule has 8 unspecified atom stereocenters. The van der Waals surface area contributed by atoms with Gasteiger partial charge in [-0.2, -0.15) is 0 Å². The van der Waals surface area contributed by atoms with Gasteiger partial charge < -0.3 is 9.15 Å². The van der Waals surface area contributed by atoms with Crippen molar-refractivity contribution in [3.63, 3.8) is 0 Å². The van der Waals surface area contributed by atoms with Crippen molar-refractivity contribution in [1.29, 1.82) is 0 Å². The quantitative estimate of drug-likeness (QED) is 0.268. The molecule has 0 aromatic carbocycles. The third-order valence-corrected chi connectivity index (χ3v) is 11.7. The van der Waals surface area contributed by atoms with Gasteiger partial charge in [0.05, 0.1) is 11.8 Å². The van der Waals surface area contributed by atoms with E-state index in [1.807, 2.05) is 6.07 Å². The predicted octanol–water partition coefficient (Wildman–Crippen LogP) is 9.29. The summed E-state index contributed by atoms with van der Waals surface area (Å²) in [4.78, 5) is 0. The number of fused-ring (bicyclic) bond motifs is 1. The van der Waals surface area contributed by atoms with Crippen LogP contribution in [0.2, 0.25) is 0 Å². The normalized spacial score (nSPS) is 40.7. The highest BCUT2D eigenvalue weighted by Gasteiger charge is 2.82. The van der Waals surface area contributed by atoms with E-state index in [1.165, 1.54) is 70.6 Å². The average molecular weight is 465 g/mol. The fourth-order valence-electron chi connectivity index (χ4n) is 10.2. The Hall–Kier alpha value is -1.44.